The van der Waals surface area contributed by atoms with Gasteiger partial charge in [0.15, 0.2) is 12.4 Å². The Morgan fingerprint density at radius 2 is 1.83 bits per heavy atom. The average Bonchev–Trinajstić information content (AvgIpc) is 3.04. The fourth-order valence-electron chi connectivity index (χ4n) is 3.26. The number of aliphatic hydroxyl groups is 1. The monoisotopic (exact) mass is 500 g/mol. The first-order chi connectivity index (χ1) is 16.1. The van der Waals surface area contributed by atoms with Crippen LogP contribution in [-0.2, 0) is 12.6 Å². The van der Waals surface area contributed by atoms with E-state index in [2.05, 4.69) is 10.4 Å². The lowest BCUT2D eigenvalue weighted by Gasteiger charge is -2.16. The van der Waals surface area contributed by atoms with Gasteiger partial charge in [0.2, 0.25) is 0 Å². The number of hydrogen-bond donors (Lipinski definition) is 2. The van der Waals surface area contributed by atoms with E-state index in [-0.39, 0.29) is 11.5 Å². The fraction of sp³-hybridized carbons (Fsp3) is 0.318. The van der Waals surface area contributed by atoms with Gasteiger partial charge in [0.25, 0.3) is 5.91 Å². The molecule has 1 aromatic heterocycles. The third kappa shape index (κ3) is 5.50. The predicted molar refractivity (Wildman–Crippen MR) is 115 cm³/mol. The lowest BCUT2D eigenvalue weighted by molar-refractivity contribution is -0.153. The van der Waals surface area contributed by atoms with Gasteiger partial charge in [-0.2, -0.15) is 17.9 Å². The first-order valence-corrected chi connectivity index (χ1v) is 10.1. The summed E-state index contributed by atoms with van der Waals surface area (Å²) in [7, 11) is 1.26. The highest BCUT2D eigenvalue weighted by Crippen LogP contribution is 2.29. The molecule has 0 saturated carbocycles. The van der Waals surface area contributed by atoms with Crippen LogP contribution in [-0.4, -0.2) is 38.1 Å². The van der Waals surface area contributed by atoms with E-state index in [1.54, 1.807) is 0 Å². The summed E-state index contributed by atoms with van der Waals surface area (Å²) in [5.74, 6) is -4.05. The van der Waals surface area contributed by atoms with E-state index in [4.69, 9.17) is 4.74 Å². The van der Waals surface area contributed by atoms with Crippen molar-refractivity contribution in [2.45, 2.75) is 32.5 Å². The molecule has 3 rings (SSSR count). The fourth-order valence-corrected chi connectivity index (χ4v) is 3.26. The molecule has 0 fully saturated rings. The third-order valence-corrected chi connectivity index (χ3v) is 4.90. The molecule has 0 unspecified atom stereocenters. The van der Waals surface area contributed by atoms with Crippen molar-refractivity contribution >= 4 is 11.6 Å². The van der Waals surface area contributed by atoms with Crippen molar-refractivity contribution in [3.63, 3.8) is 0 Å². The normalized spacial score (nSPS) is 12.1. The van der Waals surface area contributed by atoms with Crippen molar-refractivity contribution in [1.29, 1.82) is 0 Å². The molecule has 0 atom stereocenters. The van der Waals surface area contributed by atoms with Crippen molar-refractivity contribution in [2.75, 3.05) is 11.9 Å². The molecule has 13 heteroatoms. The Balaban J connectivity index is 2.14. The maximum Gasteiger partial charge on any atom is 0.422 e. The molecule has 3 aromatic rings. The summed E-state index contributed by atoms with van der Waals surface area (Å²) in [4.78, 5) is 25.4. The number of benzene rings is 2. The van der Waals surface area contributed by atoms with Crippen molar-refractivity contribution < 1.29 is 36.6 Å². The summed E-state index contributed by atoms with van der Waals surface area (Å²) in [6.45, 7) is 2.30. The van der Waals surface area contributed by atoms with Crippen LogP contribution in [0.4, 0.5) is 27.6 Å². The Bertz CT molecular complexity index is 1320. The molecule has 0 bridgehead atoms. The second-order valence-corrected chi connectivity index (χ2v) is 8.23. The van der Waals surface area contributed by atoms with Crippen LogP contribution >= 0.6 is 0 Å². The smallest absolute Gasteiger partial charge is 0.422 e. The van der Waals surface area contributed by atoms with E-state index in [0.29, 0.717) is 22.4 Å². The number of alkyl halides is 3. The number of nitrogens with one attached hydrogen (secondary N) is 1. The van der Waals surface area contributed by atoms with Crippen LogP contribution in [0.2, 0.25) is 0 Å². The molecule has 1 amide bonds. The number of carbonyl (C=O) groups is 1. The number of amides is 1. The van der Waals surface area contributed by atoms with E-state index >= 15 is 4.39 Å². The van der Waals surface area contributed by atoms with E-state index in [0.717, 1.165) is 10.6 Å². The highest BCUT2D eigenvalue weighted by atomic mass is 19.4. The summed E-state index contributed by atoms with van der Waals surface area (Å²) in [5.41, 5.74) is -3.77. The maximum atomic E-state index is 15.1. The van der Waals surface area contributed by atoms with Gasteiger partial charge < -0.3 is 15.2 Å². The van der Waals surface area contributed by atoms with Gasteiger partial charge in [-0.25, -0.2) is 13.6 Å². The van der Waals surface area contributed by atoms with Crippen molar-refractivity contribution in [3.8, 4) is 11.4 Å². The van der Waals surface area contributed by atoms with Gasteiger partial charge >= 0.3 is 11.9 Å². The molecular weight excluding hydrogens is 479 g/mol. The van der Waals surface area contributed by atoms with Crippen molar-refractivity contribution in [1.82, 2.24) is 14.3 Å². The van der Waals surface area contributed by atoms with Gasteiger partial charge in [-0.05, 0) is 38.5 Å². The molecular formula is C22H21F5N4O4. The molecule has 0 radical (unpaired) electrons. The number of rotatable bonds is 6. The van der Waals surface area contributed by atoms with Gasteiger partial charge in [-0.15, -0.1) is 5.10 Å². The summed E-state index contributed by atoms with van der Waals surface area (Å²) in [5, 5.41) is 16.3. The highest BCUT2D eigenvalue weighted by molar-refractivity contribution is 6.06. The SMILES string of the molecule is Cc1cccc(F)c1NC(=O)c1cc(F)c(-n2nc(C(C)(C)O)n(C)c2=O)cc1OCC(F)(F)F. The Kier molecular flexibility index (Phi) is 6.75. The van der Waals surface area contributed by atoms with Gasteiger partial charge in [0, 0.05) is 13.1 Å². The number of nitrogens with zero attached hydrogens (tertiary/aromatic N) is 3. The van der Waals surface area contributed by atoms with Crippen LogP contribution in [0, 0.1) is 18.6 Å². The number of hydrogen-bond acceptors (Lipinski definition) is 5. The predicted octanol–water partition coefficient (Wildman–Crippen LogP) is 3.58. The molecule has 35 heavy (non-hydrogen) atoms. The minimum atomic E-state index is -4.81. The summed E-state index contributed by atoms with van der Waals surface area (Å²) < 4.78 is 73.9. The van der Waals surface area contributed by atoms with E-state index in [9.17, 15) is 32.3 Å². The Hall–Kier alpha value is -3.74. The maximum absolute atomic E-state index is 15.1. The third-order valence-electron chi connectivity index (χ3n) is 4.90. The van der Waals surface area contributed by atoms with E-state index in [1.165, 1.54) is 40.0 Å². The summed E-state index contributed by atoms with van der Waals surface area (Å²) in [6.07, 6.45) is -4.81. The molecule has 0 aliphatic carbocycles. The van der Waals surface area contributed by atoms with Crippen LogP contribution < -0.4 is 15.7 Å². The Labute approximate surface area is 195 Å². The van der Waals surface area contributed by atoms with Crippen LogP contribution in [0.5, 0.6) is 5.75 Å². The van der Waals surface area contributed by atoms with Crippen molar-refractivity contribution in [2.24, 2.45) is 7.05 Å². The molecule has 0 aliphatic rings. The second-order valence-electron chi connectivity index (χ2n) is 8.23. The minimum absolute atomic E-state index is 0.156. The van der Waals surface area contributed by atoms with E-state index in [1.807, 2.05) is 0 Å². The van der Waals surface area contributed by atoms with Gasteiger partial charge in [0.05, 0.1) is 11.3 Å². The topological polar surface area (TPSA) is 98.4 Å². The minimum Gasteiger partial charge on any atom is -0.483 e. The lowest BCUT2D eigenvalue weighted by Crippen LogP contribution is -2.26. The molecule has 2 N–H and O–H groups in total. The van der Waals surface area contributed by atoms with Crippen LogP contribution in [0.3, 0.4) is 0 Å². The zero-order chi connectivity index (χ0) is 26.3. The molecule has 0 spiro atoms. The standard InChI is InChI=1S/C22H21F5N4O4/c1-11-6-5-7-13(23)17(11)28-18(32)12-8-14(24)15(9-16(12)35-10-22(25,26)27)31-20(33)30(4)19(29-31)21(2,3)34/h5-9,34H,10H2,1-4H3,(H,28,32). The molecule has 0 saturated heterocycles. The number of aromatic nitrogens is 3. The molecule has 1 heterocycles. The van der Waals surface area contributed by atoms with Gasteiger partial charge in [-0.1, -0.05) is 12.1 Å². The first-order valence-electron chi connectivity index (χ1n) is 10.1. The van der Waals surface area contributed by atoms with Crippen LogP contribution in [0.15, 0.2) is 35.1 Å². The van der Waals surface area contributed by atoms with Crippen LogP contribution in [0.25, 0.3) is 5.69 Å². The molecule has 0 aliphatic heterocycles. The lowest BCUT2D eigenvalue weighted by atomic mass is 10.1. The zero-order valence-electron chi connectivity index (χ0n) is 19.0. The van der Waals surface area contributed by atoms with E-state index < -0.39 is 58.6 Å². The zero-order valence-corrected chi connectivity index (χ0v) is 19.0. The Morgan fingerprint density at radius 1 is 1.17 bits per heavy atom. The van der Waals surface area contributed by atoms with Gasteiger partial charge in [-0.3, -0.25) is 9.36 Å². The number of halogens is 5. The average molecular weight is 500 g/mol. The second kappa shape index (κ2) is 9.13. The van der Waals surface area contributed by atoms with Gasteiger partial charge in [0.1, 0.15) is 28.7 Å². The molecule has 2 aromatic carbocycles. The number of anilines is 1. The number of aryl methyl sites for hydroxylation is 1. The summed E-state index contributed by atoms with van der Waals surface area (Å²) >= 11 is 0. The highest BCUT2D eigenvalue weighted by Gasteiger charge is 2.31. The summed E-state index contributed by atoms with van der Waals surface area (Å²) in [6, 6.07) is 5.18. The van der Waals surface area contributed by atoms with Crippen LogP contribution in [0.1, 0.15) is 35.6 Å². The molecule has 8 nitrogen and oxygen atoms in total. The molecule has 188 valence electrons. The number of para-hydroxylation sites is 1. The number of ether oxygens (including phenoxy) is 1. The first kappa shape index (κ1) is 25.9. The largest absolute Gasteiger partial charge is 0.483 e. The van der Waals surface area contributed by atoms with Crippen molar-refractivity contribution in [3.05, 3.63) is 69.4 Å². The quantitative estimate of drug-likeness (QED) is 0.505. The number of carbonyl (C=O) groups excluding carboxylic acids is 1. The Morgan fingerprint density at radius 3 is 2.37 bits per heavy atom.